The predicted molar refractivity (Wildman–Crippen MR) is 98.2 cm³/mol. The summed E-state index contributed by atoms with van der Waals surface area (Å²) < 4.78 is 5.14. The van der Waals surface area contributed by atoms with Gasteiger partial charge >= 0.3 is 5.97 Å². The number of esters is 1. The van der Waals surface area contributed by atoms with Crippen LogP contribution in [-0.4, -0.2) is 25.0 Å². The second kappa shape index (κ2) is 10.3. The Morgan fingerprint density at radius 2 is 1.52 bits per heavy atom. The topological polar surface area (TPSA) is 55.4 Å². The highest BCUT2D eigenvalue weighted by Crippen LogP contribution is 2.06. The van der Waals surface area contributed by atoms with Gasteiger partial charge < -0.3 is 10.1 Å². The number of rotatable bonds is 9. The Kier molecular flexibility index (Phi) is 7.70. The molecule has 132 valence electrons. The summed E-state index contributed by atoms with van der Waals surface area (Å²) >= 11 is 0. The first-order chi connectivity index (χ1) is 12.1. The zero-order valence-electron chi connectivity index (χ0n) is 14.7. The van der Waals surface area contributed by atoms with Gasteiger partial charge in [-0.15, -0.1) is 0 Å². The number of hydrogen-bond donors (Lipinski definition) is 1. The summed E-state index contributed by atoms with van der Waals surface area (Å²) in [5.41, 5.74) is 3.47. The Morgan fingerprint density at radius 3 is 2.24 bits per heavy atom. The van der Waals surface area contributed by atoms with Crippen LogP contribution in [0.4, 0.5) is 0 Å². The standard InChI is InChI=1S/C21H25NO3/c1-17-7-9-19(10-8-17)11-13-20(23)22-15-16-25-21(24)14-12-18-5-3-2-4-6-18/h2-10H,11-16H2,1H3,(H,22,23). The van der Waals surface area contributed by atoms with Gasteiger partial charge in [-0.05, 0) is 30.9 Å². The third-order valence-corrected chi connectivity index (χ3v) is 3.91. The predicted octanol–water partition coefficient (Wildman–Crippen LogP) is 3.22. The van der Waals surface area contributed by atoms with E-state index >= 15 is 0 Å². The highest BCUT2D eigenvalue weighted by molar-refractivity contribution is 5.76. The van der Waals surface area contributed by atoms with Crippen LogP contribution in [0.25, 0.3) is 0 Å². The maximum Gasteiger partial charge on any atom is 0.306 e. The Balaban J connectivity index is 1.53. The summed E-state index contributed by atoms with van der Waals surface area (Å²) in [5.74, 6) is -0.265. The molecule has 0 atom stereocenters. The van der Waals surface area contributed by atoms with E-state index in [2.05, 4.69) is 5.32 Å². The van der Waals surface area contributed by atoms with E-state index in [1.54, 1.807) is 0 Å². The second-order valence-corrected chi connectivity index (χ2v) is 6.04. The first kappa shape index (κ1) is 18.7. The molecule has 0 saturated heterocycles. The molecule has 4 nitrogen and oxygen atoms in total. The number of carbonyl (C=O) groups excluding carboxylic acids is 2. The van der Waals surface area contributed by atoms with Crippen LogP contribution in [0.5, 0.6) is 0 Å². The Morgan fingerprint density at radius 1 is 0.880 bits per heavy atom. The summed E-state index contributed by atoms with van der Waals surface area (Å²) in [6, 6.07) is 18.0. The fourth-order valence-electron chi connectivity index (χ4n) is 2.42. The molecular weight excluding hydrogens is 314 g/mol. The number of aryl methyl sites for hydroxylation is 3. The fourth-order valence-corrected chi connectivity index (χ4v) is 2.42. The van der Waals surface area contributed by atoms with Crippen LogP contribution < -0.4 is 5.32 Å². The van der Waals surface area contributed by atoms with E-state index in [0.717, 1.165) is 11.1 Å². The van der Waals surface area contributed by atoms with Gasteiger partial charge in [-0.3, -0.25) is 9.59 Å². The van der Waals surface area contributed by atoms with Gasteiger partial charge in [0.25, 0.3) is 0 Å². The van der Waals surface area contributed by atoms with Crippen molar-refractivity contribution in [1.82, 2.24) is 5.32 Å². The number of hydrogen-bond acceptors (Lipinski definition) is 3. The third-order valence-electron chi connectivity index (χ3n) is 3.91. The van der Waals surface area contributed by atoms with Gasteiger partial charge in [-0.25, -0.2) is 0 Å². The first-order valence-corrected chi connectivity index (χ1v) is 8.65. The van der Waals surface area contributed by atoms with Crippen molar-refractivity contribution in [3.63, 3.8) is 0 Å². The van der Waals surface area contributed by atoms with Crippen LogP contribution in [0.2, 0.25) is 0 Å². The zero-order chi connectivity index (χ0) is 17.9. The molecule has 2 rings (SSSR count). The van der Waals surface area contributed by atoms with Gasteiger partial charge in [0, 0.05) is 12.8 Å². The van der Waals surface area contributed by atoms with E-state index in [9.17, 15) is 9.59 Å². The lowest BCUT2D eigenvalue weighted by atomic mass is 10.1. The molecule has 1 amide bonds. The molecule has 0 aliphatic rings. The molecule has 2 aromatic carbocycles. The normalized spacial score (nSPS) is 10.3. The fraction of sp³-hybridized carbons (Fsp3) is 0.333. The molecule has 0 aliphatic carbocycles. The van der Waals surface area contributed by atoms with E-state index in [1.165, 1.54) is 5.56 Å². The average molecular weight is 339 g/mol. The molecule has 0 saturated carbocycles. The highest BCUT2D eigenvalue weighted by Gasteiger charge is 2.05. The van der Waals surface area contributed by atoms with Gasteiger partial charge in [-0.2, -0.15) is 0 Å². The van der Waals surface area contributed by atoms with Crippen molar-refractivity contribution in [3.05, 3.63) is 71.3 Å². The van der Waals surface area contributed by atoms with Crippen molar-refractivity contribution in [1.29, 1.82) is 0 Å². The van der Waals surface area contributed by atoms with Gasteiger partial charge in [0.15, 0.2) is 0 Å². The molecule has 0 heterocycles. The van der Waals surface area contributed by atoms with Crippen LogP contribution in [0.1, 0.15) is 29.5 Å². The van der Waals surface area contributed by atoms with Crippen molar-refractivity contribution in [2.75, 3.05) is 13.2 Å². The molecule has 0 radical (unpaired) electrons. The summed E-state index contributed by atoms with van der Waals surface area (Å²) in [7, 11) is 0. The molecule has 0 aliphatic heterocycles. The lowest BCUT2D eigenvalue weighted by molar-refractivity contribution is -0.143. The molecule has 25 heavy (non-hydrogen) atoms. The minimum Gasteiger partial charge on any atom is -0.464 e. The smallest absolute Gasteiger partial charge is 0.306 e. The van der Waals surface area contributed by atoms with Crippen molar-refractivity contribution in [2.45, 2.75) is 32.6 Å². The van der Waals surface area contributed by atoms with Gasteiger partial charge in [0.2, 0.25) is 5.91 Å². The maximum atomic E-state index is 11.8. The molecule has 4 heteroatoms. The van der Waals surface area contributed by atoms with Gasteiger partial charge in [-0.1, -0.05) is 60.2 Å². The third kappa shape index (κ3) is 7.66. The average Bonchev–Trinajstić information content (AvgIpc) is 2.64. The summed E-state index contributed by atoms with van der Waals surface area (Å²) in [6.07, 6.45) is 2.17. The van der Waals surface area contributed by atoms with Gasteiger partial charge in [0.1, 0.15) is 6.61 Å². The summed E-state index contributed by atoms with van der Waals surface area (Å²) in [6.45, 7) is 2.60. The largest absolute Gasteiger partial charge is 0.464 e. The highest BCUT2D eigenvalue weighted by atomic mass is 16.5. The Bertz CT molecular complexity index is 665. The van der Waals surface area contributed by atoms with Crippen LogP contribution in [0.15, 0.2) is 54.6 Å². The second-order valence-electron chi connectivity index (χ2n) is 6.04. The Hall–Kier alpha value is -2.62. The maximum absolute atomic E-state index is 11.8. The molecular formula is C21H25NO3. The molecule has 0 bridgehead atoms. The zero-order valence-corrected chi connectivity index (χ0v) is 14.7. The molecule has 0 aromatic heterocycles. The molecule has 0 unspecified atom stereocenters. The summed E-state index contributed by atoms with van der Waals surface area (Å²) in [5, 5.41) is 2.78. The number of nitrogens with one attached hydrogen (secondary N) is 1. The summed E-state index contributed by atoms with van der Waals surface area (Å²) in [4.78, 5) is 23.5. The van der Waals surface area contributed by atoms with Crippen LogP contribution in [0.3, 0.4) is 0 Å². The minimum atomic E-state index is -0.238. The van der Waals surface area contributed by atoms with Crippen molar-refractivity contribution in [3.8, 4) is 0 Å². The molecule has 2 aromatic rings. The van der Waals surface area contributed by atoms with Crippen molar-refractivity contribution in [2.24, 2.45) is 0 Å². The first-order valence-electron chi connectivity index (χ1n) is 8.65. The van der Waals surface area contributed by atoms with Crippen molar-refractivity contribution >= 4 is 11.9 Å². The lowest BCUT2D eigenvalue weighted by Gasteiger charge is -2.07. The molecule has 0 spiro atoms. The minimum absolute atomic E-state index is 0.0269. The number of amides is 1. The molecule has 0 fully saturated rings. The van der Waals surface area contributed by atoms with E-state index in [4.69, 9.17) is 4.74 Å². The van der Waals surface area contributed by atoms with Crippen LogP contribution in [-0.2, 0) is 27.2 Å². The van der Waals surface area contributed by atoms with Crippen LogP contribution >= 0.6 is 0 Å². The number of carbonyl (C=O) groups is 2. The van der Waals surface area contributed by atoms with E-state index < -0.39 is 0 Å². The number of benzene rings is 2. The van der Waals surface area contributed by atoms with E-state index in [-0.39, 0.29) is 18.5 Å². The monoisotopic (exact) mass is 339 g/mol. The van der Waals surface area contributed by atoms with Gasteiger partial charge in [0.05, 0.1) is 6.54 Å². The van der Waals surface area contributed by atoms with E-state index in [1.807, 2.05) is 61.5 Å². The SMILES string of the molecule is Cc1ccc(CCC(=O)NCCOC(=O)CCc2ccccc2)cc1. The van der Waals surface area contributed by atoms with E-state index in [0.29, 0.717) is 32.2 Å². The van der Waals surface area contributed by atoms with Crippen molar-refractivity contribution < 1.29 is 14.3 Å². The lowest BCUT2D eigenvalue weighted by Crippen LogP contribution is -2.28. The Labute approximate surface area is 149 Å². The van der Waals surface area contributed by atoms with Crippen LogP contribution in [0, 0.1) is 6.92 Å². The quantitative estimate of drug-likeness (QED) is 0.564. The molecule has 1 N–H and O–H groups in total. The number of ether oxygens (including phenoxy) is 1.